The minimum atomic E-state index is -0.548. The fourth-order valence-electron chi connectivity index (χ4n) is 5.47. The van der Waals surface area contributed by atoms with E-state index in [9.17, 15) is 24.0 Å². The van der Waals surface area contributed by atoms with Crippen LogP contribution in [0.5, 0.6) is 0 Å². The van der Waals surface area contributed by atoms with Gasteiger partial charge in [0, 0.05) is 65.4 Å². The molecule has 11 nitrogen and oxygen atoms in total. The van der Waals surface area contributed by atoms with Gasteiger partial charge in [-0.1, -0.05) is 24.3 Å². The van der Waals surface area contributed by atoms with Crippen molar-refractivity contribution in [2.75, 3.05) is 65.4 Å². The normalized spacial score (nSPS) is 17.4. The molecule has 42 heavy (non-hydrogen) atoms. The van der Waals surface area contributed by atoms with Crippen LogP contribution < -0.4 is 0 Å². The zero-order valence-electron chi connectivity index (χ0n) is 24.4. The fourth-order valence-corrected chi connectivity index (χ4v) is 5.47. The van der Waals surface area contributed by atoms with Crippen LogP contribution in [0.15, 0.2) is 48.5 Å². The van der Waals surface area contributed by atoms with E-state index in [0.717, 1.165) is 0 Å². The van der Waals surface area contributed by atoms with Crippen LogP contribution in [0.4, 0.5) is 4.79 Å². The van der Waals surface area contributed by atoms with E-state index in [1.165, 1.54) is 9.80 Å². The average Bonchev–Trinajstić information content (AvgIpc) is 3.36. The van der Waals surface area contributed by atoms with Crippen LogP contribution in [0.3, 0.4) is 0 Å². The largest absolute Gasteiger partial charge is 0.444 e. The van der Waals surface area contributed by atoms with Crippen molar-refractivity contribution in [2.24, 2.45) is 0 Å². The molecule has 1 fully saturated rings. The Morgan fingerprint density at radius 1 is 0.667 bits per heavy atom. The number of hydrogen-bond acceptors (Lipinski definition) is 8. The summed E-state index contributed by atoms with van der Waals surface area (Å²) in [6.45, 7) is 10.5. The average molecular weight is 576 g/mol. The van der Waals surface area contributed by atoms with Crippen molar-refractivity contribution >= 4 is 29.7 Å². The van der Waals surface area contributed by atoms with Crippen molar-refractivity contribution in [3.63, 3.8) is 0 Å². The van der Waals surface area contributed by atoms with Crippen molar-refractivity contribution in [1.82, 2.24) is 24.5 Å². The quantitative estimate of drug-likeness (QED) is 0.420. The van der Waals surface area contributed by atoms with Gasteiger partial charge in [-0.15, -0.1) is 0 Å². The summed E-state index contributed by atoms with van der Waals surface area (Å²) in [6.07, 6.45) is -0.314. The van der Waals surface area contributed by atoms with E-state index in [2.05, 4.69) is 9.80 Å². The van der Waals surface area contributed by atoms with Crippen LogP contribution in [0.1, 0.15) is 62.2 Å². The predicted octanol–water partition coefficient (Wildman–Crippen LogP) is 2.43. The summed E-state index contributed by atoms with van der Waals surface area (Å²) in [7, 11) is 0. The third-order valence-electron chi connectivity index (χ3n) is 7.79. The van der Waals surface area contributed by atoms with Gasteiger partial charge in [-0.3, -0.25) is 38.8 Å². The van der Waals surface area contributed by atoms with Crippen LogP contribution in [-0.4, -0.2) is 125 Å². The maximum atomic E-state index is 12.9. The van der Waals surface area contributed by atoms with Crippen LogP contribution in [0.25, 0.3) is 0 Å². The molecule has 2 aromatic carbocycles. The Morgan fingerprint density at radius 3 is 1.43 bits per heavy atom. The first-order valence-corrected chi connectivity index (χ1v) is 14.4. The number of ether oxygens (including phenoxy) is 1. The van der Waals surface area contributed by atoms with Gasteiger partial charge in [0.15, 0.2) is 0 Å². The highest BCUT2D eigenvalue weighted by atomic mass is 16.6. The van der Waals surface area contributed by atoms with Crippen LogP contribution in [0, 0.1) is 0 Å². The molecule has 3 heterocycles. The van der Waals surface area contributed by atoms with Crippen molar-refractivity contribution < 1.29 is 28.7 Å². The first kappa shape index (κ1) is 29.4. The monoisotopic (exact) mass is 575 g/mol. The van der Waals surface area contributed by atoms with E-state index < -0.39 is 5.60 Å². The van der Waals surface area contributed by atoms with E-state index in [1.807, 2.05) is 20.8 Å². The Balaban J connectivity index is 1.20. The van der Waals surface area contributed by atoms with Crippen molar-refractivity contribution in [2.45, 2.75) is 26.4 Å². The molecular weight excluding hydrogens is 538 g/mol. The highest BCUT2D eigenvalue weighted by molar-refractivity contribution is 6.22. The maximum Gasteiger partial charge on any atom is 0.410 e. The van der Waals surface area contributed by atoms with Gasteiger partial charge in [-0.2, -0.15) is 0 Å². The molecule has 5 rings (SSSR count). The van der Waals surface area contributed by atoms with E-state index in [0.29, 0.717) is 74.6 Å². The number of hydrogen-bond donors (Lipinski definition) is 0. The second kappa shape index (κ2) is 12.0. The van der Waals surface area contributed by atoms with Crippen molar-refractivity contribution in [1.29, 1.82) is 0 Å². The number of amides is 5. The topological polar surface area (TPSA) is 111 Å². The summed E-state index contributed by atoms with van der Waals surface area (Å²) in [5.74, 6) is -1.24. The smallest absolute Gasteiger partial charge is 0.410 e. The summed E-state index contributed by atoms with van der Waals surface area (Å²) in [4.78, 5) is 72.7. The molecule has 2 aromatic rings. The Hall–Kier alpha value is -4.09. The van der Waals surface area contributed by atoms with Gasteiger partial charge in [0.2, 0.25) is 0 Å². The van der Waals surface area contributed by atoms with Crippen molar-refractivity contribution in [3.8, 4) is 0 Å². The molecule has 0 bridgehead atoms. The lowest BCUT2D eigenvalue weighted by atomic mass is 10.1. The minimum absolute atomic E-state index is 0.195. The fraction of sp³-hybridized carbons (Fsp3) is 0.452. The zero-order chi connectivity index (χ0) is 30.0. The summed E-state index contributed by atoms with van der Waals surface area (Å²) >= 11 is 0. The van der Waals surface area contributed by atoms with Gasteiger partial charge in [0.25, 0.3) is 23.6 Å². The Morgan fingerprint density at radius 2 is 1.05 bits per heavy atom. The second-order valence-electron chi connectivity index (χ2n) is 11.8. The summed E-state index contributed by atoms with van der Waals surface area (Å²) < 4.78 is 5.49. The Bertz CT molecular complexity index is 1240. The molecule has 0 spiro atoms. The molecule has 0 atom stereocenters. The molecular formula is C31H37N5O6. The molecule has 0 aliphatic carbocycles. The van der Waals surface area contributed by atoms with E-state index in [4.69, 9.17) is 4.74 Å². The molecule has 5 amide bonds. The maximum absolute atomic E-state index is 12.9. The number of imide groups is 2. The molecule has 0 unspecified atom stereocenters. The van der Waals surface area contributed by atoms with Crippen LogP contribution >= 0.6 is 0 Å². The third-order valence-corrected chi connectivity index (χ3v) is 7.79. The Labute approximate surface area is 245 Å². The number of carbonyl (C=O) groups excluding carboxylic acids is 5. The number of fused-ring (bicyclic) bond motifs is 2. The lowest BCUT2D eigenvalue weighted by molar-refractivity contribution is 0.0135. The van der Waals surface area contributed by atoms with E-state index in [-0.39, 0.29) is 42.8 Å². The molecule has 11 heteroatoms. The molecule has 0 N–H and O–H groups in total. The standard InChI is InChI=1S/C31H37N5O6/c1-31(2,3)42-30(41)34-18-14-32(15-19-34)12-13-33(16-20-35-26(37)22-8-4-5-9-23(22)27(35)38)17-21-36-28(39)24-10-6-7-11-25(24)29(36)40/h4-11H,12-21H2,1-3H3. The predicted molar refractivity (Wildman–Crippen MR) is 154 cm³/mol. The van der Waals surface area contributed by atoms with E-state index in [1.54, 1.807) is 53.4 Å². The second-order valence-corrected chi connectivity index (χ2v) is 11.8. The number of rotatable bonds is 9. The molecule has 3 aliphatic heterocycles. The molecule has 0 saturated carbocycles. The zero-order valence-corrected chi connectivity index (χ0v) is 24.4. The number of benzene rings is 2. The van der Waals surface area contributed by atoms with Gasteiger partial charge in [0.05, 0.1) is 22.3 Å². The van der Waals surface area contributed by atoms with Crippen molar-refractivity contribution in [3.05, 3.63) is 70.8 Å². The highest BCUT2D eigenvalue weighted by Gasteiger charge is 2.37. The van der Waals surface area contributed by atoms with Crippen LogP contribution in [0.2, 0.25) is 0 Å². The minimum Gasteiger partial charge on any atom is -0.444 e. The molecule has 1 saturated heterocycles. The van der Waals surface area contributed by atoms with Gasteiger partial charge < -0.3 is 9.64 Å². The van der Waals surface area contributed by atoms with Crippen LogP contribution in [-0.2, 0) is 4.74 Å². The summed E-state index contributed by atoms with van der Waals surface area (Å²) in [6, 6.07) is 13.6. The van der Waals surface area contributed by atoms with Gasteiger partial charge in [0.1, 0.15) is 5.60 Å². The molecule has 222 valence electrons. The lowest BCUT2D eigenvalue weighted by Crippen LogP contribution is -2.52. The molecule has 0 aromatic heterocycles. The number of piperazine rings is 1. The van der Waals surface area contributed by atoms with E-state index >= 15 is 0 Å². The Kier molecular flexibility index (Phi) is 8.42. The SMILES string of the molecule is CC(C)(C)OC(=O)N1CCN(CCN(CCN2C(=O)c3ccccc3C2=O)CCN2C(=O)c3ccccc3C2=O)CC1. The summed E-state index contributed by atoms with van der Waals surface area (Å²) in [5.41, 5.74) is 1.07. The van der Waals surface area contributed by atoms with Gasteiger partial charge in [-0.05, 0) is 45.0 Å². The highest BCUT2D eigenvalue weighted by Crippen LogP contribution is 2.23. The van der Waals surface area contributed by atoms with Gasteiger partial charge >= 0.3 is 6.09 Å². The lowest BCUT2D eigenvalue weighted by Gasteiger charge is -2.36. The first-order valence-electron chi connectivity index (χ1n) is 14.4. The number of carbonyl (C=O) groups is 5. The summed E-state index contributed by atoms with van der Waals surface area (Å²) in [5, 5.41) is 0. The third kappa shape index (κ3) is 6.22. The molecule has 3 aliphatic rings. The molecule has 0 radical (unpaired) electrons. The van der Waals surface area contributed by atoms with Gasteiger partial charge in [-0.25, -0.2) is 4.79 Å². The number of nitrogens with zero attached hydrogens (tertiary/aromatic N) is 5. The first-order chi connectivity index (χ1) is 20.0.